The van der Waals surface area contributed by atoms with Crippen LogP contribution in [0.2, 0.25) is 0 Å². The summed E-state index contributed by atoms with van der Waals surface area (Å²) in [5.74, 6) is 5.21. The third-order valence-electron chi connectivity index (χ3n) is 3.24. The maximum absolute atomic E-state index is 12.3. The fourth-order valence-electron chi connectivity index (χ4n) is 1.96. The van der Waals surface area contributed by atoms with E-state index in [1.54, 1.807) is 13.0 Å². The van der Waals surface area contributed by atoms with Crippen molar-refractivity contribution < 1.29 is 9.53 Å². The number of nitrogens with zero attached hydrogens (tertiary/aromatic N) is 1. The van der Waals surface area contributed by atoms with Gasteiger partial charge in [-0.05, 0) is 12.5 Å². The lowest BCUT2D eigenvalue weighted by molar-refractivity contribution is 0.0933. The van der Waals surface area contributed by atoms with Crippen molar-refractivity contribution in [2.75, 3.05) is 5.84 Å². The fourth-order valence-corrected chi connectivity index (χ4v) is 1.96. The van der Waals surface area contributed by atoms with E-state index in [0.717, 1.165) is 10.2 Å². The molecule has 0 saturated heterocycles. The third kappa shape index (κ3) is 4.00. The molecule has 0 bridgehead atoms. The molecule has 3 N–H and O–H groups in total. The minimum atomic E-state index is -0.499. The van der Waals surface area contributed by atoms with Gasteiger partial charge in [-0.15, -0.1) is 6.58 Å². The number of amides is 1. The Morgan fingerprint density at radius 2 is 2.09 bits per heavy atom. The average molecular weight is 313 g/mol. The summed E-state index contributed by atoms with van der Waals surface area (Å²) in [5.41, 5.74) is 0.450. The van der Waals surface area contributed by atoms with Gasteiger partial charge in [-0.1, -0.05) is 36.4 Å². The molecule has 23 heavy (non-hydrogen) atoms. The largest absolute Gasteiger partial charge is 0.482 e. The van der Waals surface area contributed by atoms with Crippen LogP contribution in [-0.4, -0.2) is 16.6 Å². The van der Waals surface area contributed by atoms with Crippen LogP contribution < -0.4 is 21.3 Å². The third-order valence-corrected chi connectivity index (χ3v) is 3.24. The number of carbonyl (C=O) groups is 1. The summed E-state index contributed by atoms with van der Waals surface area (Å²) >= 11 is 0. The van der Waals surface area contributed by atoms with E-state index in [0.29, 0.717) is 0 Å². The average Bonchev–Trinajstić information content (AvgIpc) is 2.56. The van der Waals surface area contributed by atoms with Crippen molar-refractivity contribution in [3.05, 3.63) is 76.7 Å². The van der Waals surface area contributed by atoms with Crippen molar-refractivity contribution in [1.82, 2.24) is 9.99 Å². The van der Waals surface area contributed by atoms with Gasteiger partial charge in [0.1, 0.15) is 6.61 Å². The standard InChI is InChI=1S/C17H19N3O3/c1-3-12(2)19-17(22)15-16(14(21)9-10-20(15)18)23-11-13-7-5-4-6-8-13/h3-10,12H,1,11,18H2,2H3,(H,19,22). The van der Waals surface area contributed by atoms with E-state index < -0.39 is 11.3 Å². The predicted octanol–water partition coefficient (Wildman–Crippen LogP) is 1.45. The minimum Gasteiger partial charge on any atom is -0.482 e. The Morgan fingerprint density at radius 3 is 2.74 bits per heavy atom. The van der Waals surface area contributed by atoms with Crippen molar-refractivity contribution in [2.45, 2.75) is 19.6 Å². The van der Waals surface area contributed by atoms with Gasteiger partial charge in [-0.3, -0.25) is 14.3 Å². The monoisotopic (exact) mass is 313 g/mol. The highest BCUT2D eigenvalue weighted by Gasteiger charge is 2.20. The molecule has 0 aliphatic heterocycles. The number of pyridine rings is 1. The van der Waals surface area contributed by atoms with Crippen LogP contribution in [0, 0.1) is 0 Å². The lowest BCUT2D eigenvalue weighted by Crippen LogP contribution is -2.36. The highest BCUT2D eigenvalue weighted by atomic mass is 16.5. The number of nitrogens with one attached hydrogen (secondary N) is 1. The summed E-state index contributed by atoms with van der Waals surface area (Å²) in [6, 6.07) is 10.3. The molecule has 1 heterocycles. The molecule has 2 rings (SSSR count). The lowest BCUT2D eigenvalue weighted by atomic mass is 10.2. The number of rotatable bonds is 6. The second kappa shape index (κ2) is 7.31. The highest BCUT2D eigenvalue weighted by Crippen LogP contribution is 2.14. The second-order valence-electron chi connectivity index (χ2n) is 5.04. The second-order valence-corrected chi connectivity index (χ2v) is 5.04. The van der Waals surface area contributed by atoms with E-state index in [1.165, 1.54) is 12.3 Å². The smallest absolute Gasteiger partial charge is 0.274 e. The summed E-state index contributed by atoms with van der Waals surface area (Å²) in [5, 5.41) is 2.68. The van der Waals surface area contributed by atoms with Crippen LogP contribution in [0.3, 0.4) is 0 Å². The van der Waals surface area contributed by atoms with Crippen molar-refractivity contribution in [2.24, 2.45) is 0 Å². The fraction of sp³-hybridized carbons (Fsp3) is 0.176. The Hall–Kier alpha value is -3.02. The molecule has 6 nitrogen and oxygen atoms in total. The number of hydrogen-bond acceptors (Lipinski definition) is 4. The maximum atomic E-state index is 12.3. The number of hydrogen-bond donors (Lipinski definition) is 2. The van der Waals surface area contributed by atoms with Crippen molar-refractivity contribution in [3.8, 4) is 5.75 Å². The Bertz CT molecular complexity index is 753. The first-order valence-electron chi connectivity index (χ1n) is 7.13. The first-order chi connectivity index (χ1) is 11.0. The highest BCUT2D eigenvalue weighted by molar-refractivity contribution is 5.95. The van der Waals surface area contributed by atoms with E-state index in [4.69, 9.17) is 10.6 Å². The molecule has 0 aliphatic carbocycles. The van der Waals surface area contributed by atoms with Gasteiger partial charge in [0.25, 0.3) is 5.91 Å². The van der Waals surface area contributed by atoms with Crippen LogP contribution in [-0.2, 0) is 6.61 Å². The molecule has 0 fully saturated rings. The maximum Gasteiger partial charge on any atom is 0.274 e. The molecule has 6 heteroatoms. The zero-order chi connectivity index (χ0) is 16.8. The minimum absolute atomic E-state index is 0.0258. The predicted molar refractivity (Wildman–Crippen MR) is 88.8 cm³/mol. The van der Waals surface area contributed by atoms with Crippen LogP contribution in [0.4, 0.5) is 0 Å². The van der Waals surface area contributed by atoms with Gasteiger partial charge in [-0.25, -0.2) is 0 Å². The van der Waals surface area contributed by atoms with E-state index >= 15 is 0 Å². The number of carbonyl (C=O) groups excluding carboxylic acids is 1. The number of ether oxygens (including phenoxy) is 1. The van der Waals surface area contributed by atoms with Gasteiger partial charge in [0.15, 0.2) is 11.4 Å². The zero-order valence-electron chi connectivity index (χ0n) is 12.9. The lowest BCUT2D eigenvalue weighted by Gasteiger charge is -2.15. The van der Waals surface area contributed by atoms with E-state index in [9.17, 15) is 9.59 Å². The normalized spacial score (nSPS) is 11.5. The SMILES string of the molecule is C=CC(C)NC(=O)c1c(OCc2ccccc2)c(=O)ccn1N. The van der Waals surface area contributed by atoms with Gasteiger partial charge in [0.05, 0.1) is 0 Å². The van der Waals surface area contributed by atoms with Crippen LogP contribution in [0.1, 0.15) is 23.0 Å². The molecule has 1 unspecified atom stereocenters. The van der Waals surface area contributed by atoms with Crippen LogP contribution >= 0.6 is 0 Å². The van der Waals surface area contributed by atoms with Gasteiger partial charge in [0.2, 0.25) is 5.43 Å². The zero-order valence-corrected chi connectivity index (χ0v) is 12.9. The quantitative estimate of drug-likeness (QED) is 0.624. The number of nitrogen functional groups attached to an aromatic ring is 1. The Morgan fingerprint density at radius 1 is 1.39 bits per heavy atom. The molecule has 0 radical (unpaired) electrons. The number of benzene rings is 1. The molecule has 1 amide bonds. The molecule has 1 atom stereocenters. The molecular weight excluding hydrogens is 294 g/mol. The summed E-state index contributed by atoms with van der Waals surface area (Å²) in [4.78, 5) is 24.4. The molecule has 1 aromatic carbocycles. The Balaban J connectivity index is 2.30. The number of aromatic nitrogens is 1. The topological polar surface area (TPSA) is 86.3 Å². The van der Waals surface area contributed by atoms with Gasteiger partial charge in [0, 0.05) is 18.3 Å². The summed E-state index contributed by atoms with van der Waals surface area (Å²) in [6.07, 6.45) is 2.90. The van der Waals surface area contributed by atoms with Crippen LogP contribution in [0.25, 0.3) is 0 Å². The van der Waals surface area contributed by atoms with Crippen molar-refractivity contribution in [1.29, 1.82) is 0 Å². The van der Waals surface area contributed by atoms with Crippen LogP contribution in [0.5, 0.6) is 5.75 Å². The molecule has 120 valence electrons. The van der Waals surface area contributed by atoms with Gasteiger partial charge < -0.3 is 15.9 Å². The molecule has 0 aliphatic rings. The van der Waals surface area contributed by atoms with Crippen molar-refractivity contribution in [3.63, 3.8) is 0 Å². The van der Waals surface area contributed by atoms with Gasteiger partial charge >= 0.3 is 0 Å². The summed E-state index contributed by atoms with van der Waals surface area (Å²) < 4.78 is 6.65. The molecular formula is C17H19N3O3. The summed E-state index contributed by atoms with van der Waals surface area (Å²) in [6.45, 7) is 5.53. The Labute approximate surface area is 134 Å². The van der Waals surface area contributed by atoms with Crippen LogP contribution in [0.15, 0.2) is 60.0 Å². The Kier molecular flexibility index (Phi) is 5.19. The number of nitrogens with two attached hydrogens (primary N) is 1. The van der Waals surface area contributed by atoms with E-state index in [2.05, 4.69) is 11.9 Å². The van der Waals surface area contributed by atoms with Gasteiger partial charge in [-0.2, -0.15) is 0 Å². The summed E-state index contributed by atoms with van der Waals surface area (Å²) in [7, 11) is 0. The molecule has 0 saturated carbocycles. The molecule has 2 aromatic rings. The first-order valence-corrected chi connectivity index (χ1v) is 7.13. The molecule has 1 aromatic heterocycles. The van der Waals surface area contributed by atoms with E-state index in [1.807, 2.05) is 30.3 Å². The molecule has 0 spiro atoms. The first kappa shape index (κ1) is 16.4. The van der Waals surface area contributed by atoms with E-state index in [-0.39, 0.29) is 24.1 Å². The van der Waals surface area contributed by atoms with Crippen molar-refractivity contribution >= 4 is 5.91 Å².